The SMILES string of the molecule is O=S1(=O)CCC(C(CO)Cc2cscn2)C1. The van der Waals surface area contributed by atoms with Crippen LogP contribution in [0.1, 0.15) is 12.1 Å². The van der Waals surface area contributed by atoms with Crippen molar-refractivity contribution in [3.05, 3.63) is 16.6 Å². The van der Waals surface area contributed by atoms with Gasteiger partial charge in [0.2, 0.25) is 0 Å². The molecule has 16 heavy (non-hydrogen) atoms. The number of hydrogen-bond acceptors (Lipinski definition) is 5. The number of sulfone groups is 1. The molecule has 0 radical (unpaired) electrons. The Labute approximate surface area is 99.3 Å². The lowest BCUT2D eigenvalue weighted by Gasteiger charge is -2.18. The highest BCUT2D eigenvalue weighted by molar-refractivity contribution is 7.91. The highest BCUT2D eigenvalue weighted by Crippen LogP contribution is 2.28. The van der Waals surface area contributed by atoms with Gasteiger partial charge in [-0.3, -0.25) is 0 Å². The van der Waals surface area contributed by atoms with E-state index < -0.39 is 9.84 Å². The summed E-state index contributed by atoms with van der Waals surface area (Å²) in [5, 5.41) is 11.3. The Hall–Kier alpha value is -0.460. The van der Waals surface area contributed by atoms with Crippen molar-refractivity contribution in [2.24, 2.45) is 11.8 Å². The van der Waals surface area contributed by atoms with Crippen LogP contribution in [-0.4, -0.2) is 36.6 Å². The van der Waals surface area contributed by atoms with Gasteiger partial charge in [0.05, 0.1) is 22.7 Å². The molecule has 6 heteroatoms. The summed E-state index contributed by atoms with van der Waals surface area (Å²) in [5.41, 5.74) is 2.71. The van der Waals surface area contributed by atoms with Crippen molar-refractivity contribution < 1.29 is 13.5 Å². The Morgan fingerprint density at radius 2 is 2.44 bits per heavy atom. The molecule has 1 aliphatic rings. The Morgan fingerprint density at radius 1 is 1.62 bits per heavy atom. The molecular weight excluding hydrogens is 246 g/mol. The van der Waals surface area contributed by atoms with Crippen molar-refractivity contribution in [2.45, 2.75) is 12.8 Å². The van der Waals surface area contributed by atoms with Crippen molar-refractivity contribution in [3.8, 4) is 0 Å². The lowest BCUT2D eigenvalue weighted by atomic mass is 9.89. The van der Waals surface area contributed by atoms with E-state index in [1.807, 2.05) is 5.38 Å². The van der Waals surface area contributed by atoms with Gasteiger partial charge in [-0.05, 0) is 24.7 Å². The van der Waals surface area contributed by atoms with E-state index in [0.29, 0.717) is 12.8 Å². The van der Waals surface area contributed by atoms with Gasteiger partial charge in [-0.25, -0.2) is 13.4 Å². The molecule has 1 aromatic heterocycles. The third-order valence-electron chi connectivity index (χ3n) is 3.12. The summed E-state index contributed by atoms with van der Waals surface area (Å²) in [6, 6.07) is 0. The van der Waals surface area contributed by atoms with Gasteiger partial charge in [0.25, 0.3) is 0 Å². The maximum atomic E-state index is 11.4. The molecule has 1 fully saturated rings. The minimum Gasteiger partial charge on any atom is -0.396 e. The zero-order valence-electron chi connectivity index (χ0n) is 8.87. The predicted molar refractivity (Wildman–Crippen MR) is 63.2 cm³/mol. The van der Waals surface area contributed by atoms with Crippen LogP contribution in [0.15, 0.2) is 10.9 Å². The highest BCUT2D eigenvalue weighted by Gasteiger charge is 2.33. The first-order chi connectivity index (χ1) is 7.61. The molecule has 0 aromatic carbocycles. The van der Waals surface area contributed by atoms with Crippen LogP contribution in [0.3, 0.4) is 0 Å². The number of hydrogen-bond donors (Lipinski definition) is 1. The zero-order chi connectivity index (χ0) is 11.6. The molecule has 90 valence electrons. The summed E-state index contributed by atoms with van der Waals surface area (Å²) in [5.74, 6) is 0.615. The minimum atomic E-state index is -2.86. The first-order valence-corrected chi connectivity index (χ1v) is 8.05. The Balaban J connectivity index is 2.01. The highest BCUT2D eigenvalue weighted by atomic mass is 32.2. The van der Waals surface area contributed by atoms with Crippen LogP contribution in [0.25, 0.3) is 0 Å². The van der Waals surface area contributed by atoms with Crippen LogP contribution < -0.4 is 0 Å². The average molecular weight is 261 g/mol. The van der Waals surface area contributed by atoms with E-state index in [0.717, 1.165) is 5.69 Å². The van der Waals surface area contributed by atoms with Crippen molar-refractivity contribution in [1.29, 1.82) is 0 Å². The van der Waals surface area contributed by atoms with Gasteiger partial charge in [-0.15, -0.1) is 11.3 Å². The molecule has 1 N–H and O–H groups in total. The average Bonchev–Trinajstić information content (AvgIpc) is 2.83. The maximum Gasteiger partial charge on any atom is 0.150 e. The maximum absolute atomic E-state index is 11.4. The van der Waals surface area contributed by atoms with Gasteiger partial charge in [-0.2, -0.15) is 0 Å². The van der Waals surface area contributed by atoms with E-state index >= 15 is 0 Å². The molecular formula is C10H15NO3S2. The van der Waals surface area contributed by atoms with E-state index in [1.54, 1.807) is 5.51 Å². The summed E-state index contributed by atoms with van der Waals surface area (Å²) in [4.78, 5) is 4.17. The molecule has 1 aromatic rings. The fourth-order valence-corrected chi connectivity index (χ4v) is 4.67. The fraction of sp³-hybridized carbons (Fsp3) is 0.700. The van der Waals surface area contributed by atoms with Crippen molar-refractivity contribution in [2.75, 3.05) is 18.1 Å². The van der Waals surface area contributed by atoms with Crippen LogP contribution in [0, 0.1) is 11.8 Å². The minimum absolute atomic E-state index is 0.0272. The fourth-order valence-electron chi connectivity index (χ4n) is 2.18. The van der Waals surface area contributed by atoms with Crippen LogP contribution >= 0.6 is 11.3 Å². The van der Waals surface area contributed by atoms with Gasteiger partial charge in [0.1, 0.15) is 0 Å². The van der Waals surface area contributed by atoms with Crippen molar-refractivity contribution in [1.82, 2.24) is 4.98 Å². The lowest BCUT2D eigenvalue weighted by Crippen LogP contribution is -2.22. The quantitative estimate of drug-likeness (QED) is 0.867. The molecule has 0 saturated carbocycles. The molecule has 1 saturated heterocycles. The van der Waals surface area contributed by atoms with Gasteiger partial charge in [0.15, 0.2) is 9.84 Å². The molecule has 4 nitrogen and oxygen atoms in total. The number of aromatic nitrogens is 1. The summed E-state index contributed by atoms with van der Waals surface area (Å²) in [7, 11) is -2.86. The van der Waals surface area contributed by atoms with Crippen molar-refractivity contribution in [3.63, 3.8) is 0 Å². The Morgan fingerprint density at radius 3 is 2.94 bits per heavy atom. The zero-order valence-corrected chi connectivity index (χ0v) is 10.5. The van der Waals surface area contributed by atoms with E-state index in [2.05, 4.69) is 4.98 Å². The van der Waals surface area contributed by atoms with E-state index in [4.69, 9.17) is 0 Å². The monoisotopic (exact) mass is 261 g/mol. The number of rotatable bonds is 4. The summed E-state index contributed by atoms with van der Waals surface area (Å²) < 4.78 is 22.7. The Kier molecular flexibility index (Phi) is 3.61. The van der Waals surface area contributed by atoms with Crippen LogP contribution in [0.4, 0.5) is 0 Å². The normalized spacial score (nSPS) is 25.7. The molecule has 0 aliphatic carbocycles. The first-order valence-electron chi connectivity index (χ1n) is 5.29. The molecule has 1 aliphatic heterocycles. The molecule has 2 rings (SSSR count). The second kappa shape index (κ2) is 4.81. The van der Waals surface area contributed by atoms with Crippen molar-refractivity contribution >= 4 is 21.2 Å². The van der Waals surface area contributed by atoms with E-state index in [-0.39, 0.29) is 29.9 Å². The number of thiazole rings is 1. The molecule has 0 bridgehead atoms. The van der Waals surface area contributed by atoms with E-state index in [9.17, 15) is 13.5 Å². The number of aliphatic hydroxyl groups is 1. The second-order valence-electron chi connectivity index (χ2n) is 4.29. The number of aliphatic hydroxyl groups excluding tert-OH is 1. The van der Waals surface area contributed by atoms with Gasteiger partial charge < -0.3 is 5.11 Å². The topological polar surface area (TPSA) is 67.3 Å². The molecule has 0 amide bonds. The Bertz CT molecular complexity index is 427. The summed E-state index contributed by atoms with van der Waals surface area (Å²) >= 11 is 1.52. The molecule has 2 atom stereocenters. The van der Waals surface area contributed by atoms with Crippen LogP contribution in [-0.2, 0) is 16.3 Å². The molecule has 0 spiro atoms. The third-order valence-corrected chi connectivity index (χ3v) is 5.55. The van der Waals surface area contributed by atoms with Crippen LogP contribution in [0.2, 0.25) is 0 Å². The van der Waals surface area contributed by atoms with Gasteiger partial charge >= 0.3 is 0 Å². The smallest absolute Gasteiger partial charge is 0.150 e. The van der Waals surface area contributed by atoms with Crippen LogP contribution in [0.5, 0.6) is 0 Å². The first kappa shape index (κ1) is 12.0. The summed E-state index contributed by atoms with van der Waals surface area (Å²) in [6.45, 7) is 0.0394. The van der Waals surface area contributed by atoms with Gasteiger partial charge in [-0.1, -0.05) is 0 Å². The molecule has 2 heterocycles. The second-order valence-corrected chi connectivity index (χ2v) is 7.24. The van der Waals surface area contributed by atoms with E-state index in [1.165, 1.54) is 11.3 Å². The number of nitrogens with zero attached hydrogens (tertiary/aromatic N) is 1. The third kappa shape index (κ3) is 2.81. The predicted octanol–water partition coefficient (Wildman–Crippen LogP) is 0.729. The lowest BCUT2D eigenvalue weighted by molar-refractivity contribution is 0.183. The molecule has 2 unspecified atom stereocenters. The summed E-state index contributed by atoms with van der Waals surface area (Å²) in [6.07, 6.45) is 1.36. The standard InChI is InChI=1S/C10H15NO3S2/c12-4-9(3-10-5-15-7-11-10)8-1-2-16(13,14)6-8/h5,7-9,12H,1-4,6H2. The van der Waals surface area contributed by atoms with Gasteiger partial charge in [0, 0.05) is 12.0 Å². The largest absolute Gasteiger partial charge is 0.396 e.